The van der Waals surface area contributed by atoms with E-state index in [4.69, 9.17) is 9.47 Å². The summed E-state index contributed by atoms with van der Waals surface area (Å²) in [7, 11) is 0. The molecule has 1 atom stereocenters. The van der Waals surface area contributed by atoms with Crippen LogP contribution < -0.4 is 15.0 Å². The Kier molecular flexibility index (Phi) is 5.34. The van der Waals surface area contributed by atoms with Crippen LogP contribution in [0.5, 0.6) is 5.75 Å². The number of ether oxygens (including phenoxy) is 2. The van der Waals surface area contributed by atoms with Crippen molar-refractivity contribution in [3.8, 4) is 5.75 Å². The van der Waals surface area contributed by atoms with Crippen LogP contribution in [-0.2, 0) is 4.74 Å². The molecule has 0 saturated carbocycles. The molecular formula is C17H27N3O3. The number of carbonyl (C=O) groups excluding carboxylic acids is 1. The molecule has 0 saturated heterocycles. The Labute approximate surface area is 138 Å². The van der Waals surface area contributed by atoms with E-state index in [0.29, 0.717) is 36.3 Å². The summed E-state index contributed by atoms with van der Waals surface area (Å²) in [6.07, 6.45) is 2.41. The predicted octanol–water partition coefficient (Wildman–Crippen LogP) is 3.67. The van der Waals surface area contributed by atoms with Crippen LogP contribution in [0.2, 0.25) is 0 Å². The van der Waals surface area contributed by atoms with Gasteiger partial charge in [-0.05, 0) is 32.8 Å². The summed E-state index contributed by atoms with van der Waals surface area (Å²) in [4.78, 5) is 18.4. The number of hydrogen-bond acceptors (Lipinski definition) is 5. The Balaban J connectivity index is 2.20. The number of aromatic nitrogens is 1. The number of rotatable bonds is 4. The SMILES string of the molecule is CCC(C)CNc1nccc2c1OCCN2C(=O)OC(C)(C)C. The van der Waals surface area contributed by atoms with Crippen LogP contribution in [0.1, 0.15) is 41.0 Å². The highest BCUT2D eigenvalue weighted by atomic mass is 16.6. The number of nitrogens with one attached hydrogen (secondary N) is 1. The first-order valence-electron chi connectivity index (χ1n) is 8.18. The second-order valence-corrected chi connectivity index (χ2v) is 6.88. The van der Waals surface area contributed by atoms with Crippen LogP contribution >= 0.6 is 0 Å². The van der Waals surface area contributed by atoms with Crippen LogP contribution in [0.15, 0.2) is 12.3 Å². The van der Waals surface area contributed by atoms with E-state index in [0.717, 1.165) is 13.0 Å². The van der Waals surface area contributed by atoms with Gasteiger partial charge in [-0.25, -0.2) is 9.78 Å². The molecule has 1 amide bonds. The van der Waals surface area contributed by atoms with Crippen LogP contribution in [0.3, 0.4) is 0 Å². The molecule has 1 unspecified atom stereocenters. The van der Waals surface area contributed by atoms with Gasteiger partial charge in [-0.2, -0.15) is 0 Å². The number of anilines is 2. The van der Waals surface area contributed by atoms with E-state index in [1.807, 2.05) is 20.8 Å². The molecule has 1 aliphatic rings. The average Bonchev–Trinajstić information content (AvgIpc) is 2.50. The van der Waals surface area contributed by atoms with Crippen molar-refractivity contribution in [3.63, 3.8) is 0 Å². The summed E-state index contributed by atoms with van der Waals surface area (Å²) in [6.45, 7) is 11.6. The minimum absolute atomic E-state index is 0.360. The lowest BCUT2D eigenvalue weighted by Crippen LogP contribution is -2.41. The Bertz CT molecular complexity index is 555. The zero-order valence-electron chi connectivity index (χ0n) is 14.7. The number of carbonyl (C=O) groups is 1. The maximum Gasteiger partial charge on any atom is 0.415 e. The fraction of sp³-hybridized carbons (Fsp3) is 0.647. The number of hydrogen-bond donors (Lipinski definition) is 1. The van der Waals surface area contributed by atoms with E-state index in [-0.39, 0.29) is 6.09 Å². The largest absolute Gasteiger partial charge is 0.486 e. The molecule has 6 heteroatoms. The predicted molar refractivity (Wildman–Crippen MR) is 91.3 cm³/mol. The van der Waals surface area contributed by atoms with Gasteiger partial charge in [0.25, 0.3) is 0 Å². The zero-order valence-corrected chi connectivity index (χ0v) is 14.7. The van der Waals surface area contributed by atoms with Crippen molar-refractivity contribution in [3.05, 3.63) is 12.3 Å². The van der Waals surface area contributed by atoms with E-state index in [1.165, 1.54) is 0 Å². The molecule has 1 aromatic rings. The van der Waals surface area contributed by atoms with Gasteiger partial charge in [0, 0.05) is 12.7 Å². The van der Waals surface area contributed by atoms with Gasteiger partial charge in [0.1, 0.15) is 12.2 Å². The number of pyridine rings is 1. The minimum atomic E-state index is -0.528. The molecule has 0 spiro atoms. The van der Waals surface area contributed by atoms with Crippen LogP contribution in [0, 0.1) is 5.92 Å². The van der Waals surface area contributed by atoms with Crippen molar-refractivity contribution in [2.45, 2.75) is 46.6 Å². The first-order chi connectivity index (χ1) is 10.8. The van der Waals surface area contributed by atoms with Crippen LogP contribution in [0.4, 0.5) is 16.3 Å². The van der Waals surface area contributed by atoms with Gasteiger partial charge in [-0.1, -0.05) is 20.3 Å². The summed E-state index contributed by atoms with van der Waals surface area (Å²) in [5.74, 6) is 1.84. The molecular weight excluding hydrogens is 294 g/mol. The van der Waals surface area contributed by atoms with Gasteiger partial charge >= 0.3 is 6.09 Å². The zero-order chi connectivity index (χ0) is 17.0. The van der Waals surface area contributed by atoms with E-state index in [2.05, 4.69) is 24.1 Å². The fourth-order valence-corrected chi connectivity index (χ4v) is 2.20. The van der Waals surface area contributed by atoms with Gasteiger partial charge in [0.15, 0.2) is 11.6 Å². The monoisotopic (exact) mass is 321 g/mol. The van der Waals surface area contributed by atoms with Crippen molar-refractivity contribution < 1.29 is 14.3 Å². The fourth-order valence-electron chi connectivity index (χ4n) is 2.20. The molecule has 128 valence electrons. The van der Waals surface area contributed by atoms with Crippen molar-refractivity contribution in [2.24, 2.45) is 5.92 Å². The lowest BCUT2D eigenvalue weighted by atomic mass is 10.1. The molecule has 0 bridgehead atoms. The summed E-state index contributed by atoms with van der Waals surface area (Å²) in [5.41, 5.74) is 0.174. The van der Waals surface area contributed by atoms with Gasteiger partial charge in [-0.3, -0.25) is 4.90 Å². The molecule has 1 aliphatic heterocycles. The molecule has 0 fully saturated rings. The third-order valence-corrected chi connectivity index (χ3v) is 3.66. The summed E-state index contributed by atoms with van der Waals surface area (Å²) < 4.78 is 11.2. The summed E-state index contributed by atoms with van der Waals surface area (Å²) in [6, 6.07) is 1.78. The molecule has 23 heavy (non-hydrogen) atoms. The Morgan fingerprint density at radius 2 is 2.26 bits per heavy atom. The first-order valence-corrected chi connectivity index (χ1v) is 8.18. The third kappa shape index (κ3) is 4.50. The van der Waals surface area contributed by atoms with Crippen molar-refractivity contribution in [1.82, 2.24) is 4.98 Å². The van der Waals surface area contributed by atoms with E-state index >= 15 is 0 Å². The smallest absolute Gasteiger partial charge is 0.415 e. The van der Waals surface area contributed by atoms with Crippen molar-refractivity contribution in [2.75, 3.05) is 29.9 Å². The van der Waals surface area contributed by atoms with Gasteiger partial charge in [0.2, 0.25) is 0 Å². The highest BCUT2D eigenvalue weighted by Gasteiger charge is 2.30. The molecule has 6 nitrogen and oxygen atoms in total. The Morgan fingerprint density at radius 3 is 2.91 bits per heavy atom. The van der Waals surface area contributed by atoms with Gasteiger partial charge in [0.05, 0.1) is 12.2 Å². The maximum atomic E-state index is 12.4. The Morgan fingerprint density at radius 1 is 1.52 bits per heavy atom. The van der Waals surface area contributed by atoms with E-state index in [1.54, 1.807) is 17.2 Å². The molecule has 2 heterocycles. The van der Waals surface area contributed by atoms with E-state index < -0.39 is 5.60 Å². The molecule has 0 aliphatic carbocycles. The van der Waals surface area contributed by atoms with Crippen LogP contribution in [0.25, 0.3) is 0 Å². The molecule has 0 aromatic carbocycles. The van der Waals surface area contributed by atoms with Crippen molar-refractivity contribution in [1.29, 1.82) is 0 Å². The lowest BCUT2D eigenvalue weighted by Gasteiger charge is -2.32. The molecule has 1 N–H and O–H groups in total. The Hall–Kier alpha value is -1.98. The average molecular weight is 321 g/mol. The van der Waals surface area contributed by atoms with E-state index in [9.17, 15) is 4.79 Å². The molecule has 0 radical (unpaired) electrons. The quantitative estimate of drug-likeness (QED) is 0.916. The normalized spacial score (nSPS) is 15.4. The number of fused-ring (bicyclic) bond motifs is 1. The minimum Gasteiger partial charge on any atom is -0.486 e. The molecule has 2 rings (SSSR count). The number of amides is 1. The highest BCUT2D eigenvalue weighted by Crippen LogP contribution is 2.37. The second-order valence-electron chi connectivity index (χ2n) is 6.88. The third-order valence-electron chi connectivity index (χ3n) is 3.66. The topological polar surface area (TPSA) is 63.7 Å². The van der Waals surface area contributed by atoms with Gasteiger partial charge in [-0.15, -0.1) is 0 Å². The van der Waals surface area contributed by atoms with Crippen LogP contribution in [-0.4, -0.2) is 36.4 Å². The first kappa shape index (κ1) is 17.4. The second kappa shape index (κ2) is 7.06. The number of nitrogens with zero attached hydrogens (tertiary/aromatic N) is 2. The summed E-state index contributed by atoms with van der Waals surface area (Å²) >= 11 is 0. The lowest BCUT2D eigenvalue weighted by molar-refractivity contribution is 0.0568. The van der Waals surface area contributed by atoms with Crippen molar-refractivity contribution >= 4 is 17.6 Å². The highest BCUT2D eigenvalue weighted by molar-refractivity contribution is 5.91. The van der Waals surface area contributed by atoms with Gasteiger partial charge < -0.3 is 14.8 Å². The standard InChI is InChI=1S/C17H27N3O3/c1-6-12(2)11-19-15-14-13(7-8-18-15)20(9-10-22-14)16(21)23-17(3,4)5/h7-8,12H,6,9-11H2,1-5H3,(H,18,19). The summed E-state index contributed by atoms with van der Waals surface area (Å²) in [5, 5.41) is 3.32. The molecule has 1 aromatic heterocycles. The maximum absolute atomic E-state index is 12.4.